The van der Waals surface area contributed by atoms with E-state index in [1.165, 1.54) is 0 Å². The zero-order valence-corrected chi connectivity index (χ0v) is 23.0. The first-order valence-electron chi connectivity index (χ1n) is 11.2. The Bertz CT molecular complexity index is 364. The Morgan fingerprint density at radius 3 is 1.47 bits per heavy atom. The first-order valence-corrected chi connectivity index (χ1v) is 14.8. The number of rotatable bonds is 17. The predicted molar refractivity (Wildman–Crippen MR) is 128 cm³/mol. The van der Waals surface area contributed by atoms with Gasteiger partial charge in [-0.3, -0.25) is 10.6 Å². The molecule has 0 radical (unpaired) electrons. The van der Waals surface area contributed by atoms with Crippen molar-refractivity contribution in [2.75, 3.05) is 34.0 Å². The monoisotopic (exact) mass is 470 g/mol. The van der Waals surface area contributed by atoms with Gasteiger partial charge >= 0.3 is 18.1 Å². The molecule has 0 saturated carbocycles. The van der Waals surface area contributed by atoms with Crippen molar-refractivity contribution in [3.8, 4) is 0 Å². The Hall–Kier alpha value is 0.0738. The molecule has 184 valence electrons. The molecule has 0 aromatic carbocycles. The van der Waals surface area contributed by atoms with Crippen LogP contribution >= 0.6 is 0 Å². The Morgan fingerprint density at radius 2 is 1.20 bits per heavy atom. The Labute approximate surface area is 188 Å². The summed E-state index contributed by atoms with van der Waals surface area (Å²) >= 11 is 0. The van der Waals surface area contributed by atoms with Gasteiger partial charge in [0.25, 0.3) is 0 Å². The van der Waals surface area contributed by atoms with E-state index < -0.39 is 18.1 Å². The molecule has 6 N–H and O–H groups in total. The maximum absolute atomic E-state index is 5.84. The molecule has 4 unspecified atom stereocenters. The van der Waals surface area contributed by atoms with Crippen LogP contribution in [-0.2, 0) is 22.1 Å². The predicted octanol–water partition coefficient (Wildman–Crippen LogP) is 1.42. The fraction of sp³-hybridized carbons (Fsp3) is 1.00. The van der Waals surface area contributed by atoms with Crippen molar-refractivity contribution in [3.05, 3.63) is 0 Å². The van der Waals surface area contributed by atoms with Gasteiger partial charge in [-0.15, -0.1) is 0 Å². The largest absolute Gasteiger partial charge is 0.518 e. The minimum Gasteiger partial charge on any atom is -0.400 e. The summed E-state index contributed by atoms with van der Waals surface area (Å²) < 4.78 is 28.0. The van der Waals surface area contributed by atoms with Crippen LogP contribution in [0.1, 0.15) is 61.3 Å². The van der Waals surface area contributed by atoms with E-state index in [1.54, 1.807) is 14.2 Å². The topological polar surface area (TPSA) is 122 Å². The van der Waals surface area contributed by atoms with E-state index in [2.05, 4.69) is 24.5 Å². The van der Waals surface area contributed by atoms with Crippen LogP contribution in [0.15, 0.2) is 0 Å². The third kappa shape index (κ3) is 14.2. The van der Waals surface area contributed by atoms with E-state index >= 15 is 0 Å². The normalized spacial score (nSPS) is 16.0. The molecule has 0 saturated heterocycles. The molecule has 0 aliphatic heterocycles. The molecule has 0 aliphatic carbocycles. The fourth-order valence-corrected chi connectivity index (χ4v) is 7.60. The molecule has 11 heteroatoms. The van der Waals surface area contributed by atoms with Gasteiger partial charge in [0.05, 0.1) is 18.0 Å². The third-order valence-electron chi connectivity index (χ3n) is 4.33. The van der Waals surface area contributed by atoms with Gasteiger partial charge in [-0.2, -0.15) is 0 Å². The molecule has 0 aliphatic rings. The lowest BCUT2D eigenvalue weighted by Gasteiger charge is -2.36. The highest BCUT2D eigenvalue weighted by Gasteiger charge is 2.48. The molecule has 0 aromatic rings. The second kappa shape index (κ2) is 19.7. The first kappa shape index (κ1) is 32.3. The zero-order chi connectivity index (χ0) is 23.6. The minimum atomic E-state index is -2.68. The molecule has 0 aromatic heterocycles. The Kier molecular flexibility index (Phi) is 21.2. The Balaban J connectivity index is 0. The smallest absolute Gasteiger partial charge is 0.400 e. The lowest BCUT2D eigenvalue weighted by Crippen LogP contribution is -2.64. The lowest BCUT2D eigenvalue weighted by atomic mass is 10.2. The summed E-state index contributed by atoms with van der Waals surface area (Å²) in [6, 6.07) is 1.38. The SMILES string of the molecule is CCC(C[SiH](OC)OC)NC(C)N.CCO[Si](OCC)(OCC)C(CC)NC(C)N. The van der Waals surface area contributed by atoms with E-state index in [0.717, 1.165) is 18.9 Å². The summed E-state index contributed by atoms with van der Waals surface area (Å²) in [5.41, 5.74) is 11.5. The lowest BCUT2D eigenvalue weighted by molar-refractivity contribution is 0.0561. The van der Waals surface area contributed by atoms with E-state index in [4.69, 9.17) is 33.6 Å². The molecular formula is C19H50N4O5Si2. The van der Waals surface area contributed by atoms with Gasteiger partial charge in [-0.05, 0) is 47.5 Å². The van der Waals surface area contributed by atoms with Gasteiger partial charge in [-0.1, -0.05) is 13.8 Å². The summed E-state index contributed by atoms with van der Waals surface area (Å²) in [6.07, 6.45) is 1.85. The molecule has 0 heterocycles. The van der Waals surface area contributed by atoms with Crippen molar-refractivity contribution >= 4 is 18.1 Å². The van der Waals surface area contributed by atoms with Crippen molar-refractivity contribution in [1.82, 2.24) is 10.6 Å². The summed E-state index contributed by atoms with van der Waals surface area (Å²) in [7, 11) is -0.709. The van der Waals surface area contributed by atoms with Crippen LogP contribution in [0, 0.1) is 0 Å². The Morgan fingerprint density at radius 1 is 0.767 bits per heavy atom. The maximum atomic E-state index is 5.84. The van der Waals surface area contributed by atoms with Crippen molar-refractivity contribution in [2.45, 2.75) is 91.4 Å². The second-order valence-corrected chi connectivity index (χ2v) is 12.1. The van der Waals surface area contributed by atoms with Crippen molar-refractivity contribution in [3.63, 3.8) is 0 Å². The van der Waals surface area contributed by atoms with Gasteiger partial charge in [-0.25, -0.2) is 0 Å². The van der Waals surface area contributed by atoms with Crippen molar-refractivity contribution in [1.29, 1.82) is 0 Å². The maximum Gasteiger partial charge on any atom is 0.518 e. The molecule has 4 atom stereocenters. The summed E-state index contributed by atoms with van der Waals surface area (Å²) in [4.78, 5) is 0. The fourth-order valence-electron chi connectivity index (χ4n) is 3.06. The second-order valence-electron chi connectivity index (χ2n) is 7.02. The zero-order valence-electron chi connectivity index (χ0n) is 20.8. The summed E-state index contributed by atoms with van der Waals surface area (Å²) in [6.45, 7) is 15.7. The van der Waals surface area contributed by atoms with E-state index in [-0.39, 0.29) is 18.0 Å². The summed E-state index contributed by atoms with van der Waals surface area (Å²) in [5, 5.41) is 6.57. The number of nitrogens with two attached hydrogens (primary N) is 2. The molecule has 0 bridgehead atoms. The van der Waals surface area contributed by atoms with Gasteiger partial charge in [0, 0.05) is 46.1 Å². The number of hydrogen-bond donors (Lipinski definition) is 4. The number of hydrogen-bond acceptors (Lipinski definition) is 9. The third-order valence-corrected chi connectivity index (χ3v) is 9.84. The van der Waals surface area contributed by atoms with Gasteiger partial charge in [0.2, 0.25) is 0 Å². The average molecular weight is 471 g/mol. The number of nitrogens with one attached hydrogen (secondary N) is 2. The van der Waals surface area contributed by atoms with Crippen LogP contribution in [0.2, 0.25) is 6.04 Å². The highest BCUT2D eigenvalue weighted by molar-refractivity contribution is 6.62. The highest BCUT2D eigenvalue weighted by Crippen LogP contribution is 2.18. The minimum absolute atomic E-state index is 0.0355. The van der Waals surface area contributed by atoms with Crippen LogP contribution in [0.4, 0.5) is 0 Å². The average Bonchev–Trinajstić information content (AvgIpc) is 2.69. The van der Waals surface area contributed by atoms with Crippen LogP contribution < -0.4 is 22.1 Å². The van der Waals surface area contributed by atoms with Gasteiger partial charge in [0.1, 0.15) is 0 Å². The molecule has 9 nitrogen and oxygen atoms in total. The van der Waals surface area contributed by atoms with Gasteiger partial charge in [0.15, 0.2) is 0 Å². The summed E-state index contributed by atoms with van der Waals surface area (Å²) in [5.74, 6) is 0. The molecule has 0 amide bonds. The van der Waals surface area contributed by atoms with Crippen LogP contribution in [0.5, 0.6) is 0 Å². The molecular weight excluding hydrogens is 420 g/mol. The van der Waals surface area contributed by atoms with E-state index in [1.807, 2.05) is 34.6 Å². The van der Waals surface area contributed by atoms with Crippen LogP contribution in [-0.4, -0.2) is 76.2 Å². The van der Waals surface area contributed by atoms with Crippen molar-refractivity contribution in [2.24, 2.45) is 11.5 Å². The van der Waals surface area contributed by atoms with Crippen molar-refractivity contribution < 1.29 is 22.1 Å². The standard InChI is InChI=1S/C11H28N2O3Si.C8H22N2O2Si/c1-6-11(13-10(5)12)17(14-7-2,15-8-3)16-9-4;1-5-8(10-7(2)9)6-13(11-3)12-4/h10-11,13H,6-9,12H2,1-5H3;7-8,10,13H,5-6,9H2,1-4H3. The van der Waals surface area contributed by atoms with E-state index in [9.17, 15) is 0 Å². The first-order chi connectivity index (χ1) is 14.2. The van der Waals surface area contributed by atoms with Gasteiger partial charge < -0.3 is 33.6 Å². The quantitative estimate of drug-likeness (QED) is 0.185. The highest BCUT2D eigenvalue weighted by atomic mass is 28.4. The molecule has 0 fully saturated rings. The molecule has 0 rings (SSSR count). The van der Waals surface area contributed by atoms with Crippen LogP contribution in [0.3, 0.4) is 0 Å². The molecule has 0 spiro atoms. The van der Waals surface area contributed by atoms with E-state index in [0.29, 0.717) is 25.9 Å². The molecule has 30 heavy (non-hydrogen) atoms. The van der Waals surface area contributed by atoms with Crippen LogP contribution in [0.25, 0.3) is 0 Å².